The quantitative estimate of drug-likeness (QED) is 0.802. The Labute approximate surface area is 100 Å². The number of hydrogen-bond acceptors (Lipinski definition) is 4. The maximum absolute atomic E-state index is 9.48. The molecular weight excluding hydrogens is 230 g/mol. The van der Waals surface area contributed by atoms with E-state index in [9.17, 15) is 5.11 Å². The fraction of sp³-hybridized carbons (Fsp3) is 0.455. The van der Waals surface area contributed by atoms with Crippen molar-refractivity contribution in [1.82, 2.24) is 0 Å². The van der Waals surface area contributed by atoms with E-state index in [0.717, 1.165) is 5.69 Å². The Kier molecular flexibility index (Phi) is 5.38. The van der Waals surface area contributed by atoms with Crippen molar-refractivity contribution in [1.29, 1.82) is 0 Å². The van der Waals surface area contributed by atoms with Gasteiger partial charge in [-0.25, -0.2) is 0 Å². The Morgan fingerprint density at radius 1 is 1.44 bits per heavy atom. The average molecular weight is 246 g/mol. The molecule has 0 fully saturated rings. The molecule has 1 atom stereocenters. The number of rotatable bonds is 6. The van der Waals surface area contributed by atoms with Crippen LogP contribution in [0, 0.1) is 0 Å². The Morgan fingerprint density at radius 3 is 2.81 bits per heavy atom. The minimum atomic E-state index is -0.561. The first-order valence-corrected chi connectivity index (χ1v) is 5.29. The highest BCUT2D eigenvalue weighted by Gasteiger charge is 2.07. The van der Waals surface area contributed by atoms with Crippen molar-refractivity contribution in [2.75, 3.05) is 32.7 Å². The standard InChI is InChI=1S/C11H16ClNO3/c1-15-7-9(14)6-13-10-5-8(12)3-4-11(10)16-2/h3-5,9,13-14H,6-7H2,1-2H3. The van der Waals surface area contributed by atoms with Crippen molar-refractivity contribution in [3.63, 3.8) is 0 Å². The molecule has 0 radical (unpaired) electrons. The van der Waals surface area contributed by atoms with Crippen LogP contribution in [0.15, 0.2) is 18.2 Å². The van der Waals surface area contributed by atoms with E-state index >= 15 is 0 Å². The summed E-state index contributed by atoms with van der Waals surface area (Å²) in [6.45, 7) is 0.667. The van der Waals surface area contributed by atoms with Gasteiger partial charge < -0.3 is 19.9 Å². The van der Waals surface area contributed by atoms with Gasteiger partial charge in [-0.15, -0.1) is 0 Å². The summed E-state index contributed by atoms with van der Waals surface area (Å²) in [5.41, 5.74) is 0.755. The lowest BCUT2D eigenvalue weighted by molar-refractivity contribution is 0.0727. The number of ether oxygens (including phenoxy) is 2. The number of aliphatic hydroxyl groups excluding tert-OH is 1. The molecule has 1 aromatic carbocycles. The average Bonchev–Trinajstić information content (AvgIpc) is 2.27. The summed E-state index contributed by atoms with van der Waals surface area (Å²) < 4.78 is 9.98. The number of halogens is 1. The van der Waals surface area contributed by atoms with Crippen molar-refractivity contribution in [3.05, 3.63) is 23.2 Å². The van der Waals surface area contributed by atoms with Crippen LogP contribution in [-0.4, -0.2) is 38.6 Å². The lowest BCUT2D eigenvalue weighted by Gasteiger charge is -2.14. The number of aliphatic hydroxyl groups is 1. The second-order valence-corrected chi connectivity index (χ2v) is 3.77. The Bertz CT molecular complexity index is 333. The molecule has 2 N–H and O–H groups in total. The van der Waals surface area contributed by atoms with Crippen LogP contribution in [0.5, 0.6) is 5.75 Å². The zero-order valence-electron chi connectivity index (χ0n) is 9.37. The molecule has 4 nitrogen and oxygen atoms in total. The van der Waals surface area contributed by atoms with Crippen molar-refractivity contribution in [2.45, 2.75) is 6.10 Å². The molecule has 0 aliphatic rings. The van der Waals surface area contributed by atoms with Gasteiger partial charge in [-0.05, 0) is 18.2 Å². The normalized spacial score (nSPS) is 12.2. The van der Waals surface area contributed by atoms with Gasteiger partial charge >= 0.3 is 0 Å². The van der Waals surface area contributed by atoms with Crippen LogP contribution < -0.4 is 10.1 Å². The summed E-state index contributed by atoms with van der Waals surface area (Å²) in [6, 6.07) is 5.27. The molecule has 0 aromatic heterocycles. The second-order valence-electron chi connectivity index (χ2n) is 3.33. The van der Waals surface area contributed by atoms with E-state index in [1.54, 1.807) is 32.4 Å². The van der Waals surface area contributed by atoms with E-state index in [4.69, 9.17) is 21.1 Å². The van der Waals surface area contributed by atoms with Crippen LogP contribution in [0.2, 0.25) is 5.02 Å². The van der Waals surface area contributed by atoms with Crippen LogP contribution in [0.25, 0.3) is 0 Å². The molecule has 0 heterocycles. The van der Waals surface area contributed by atoms with Gasteiger partial charge in [-0.2, -0.15) is 0 Å². The highest BCUT2D eigenvalue weighted by molar-refractivity contribution is 6.30. The van der Waals surface area contributed by atoms with Gasteiger partial charge in [0.25, 0.3) is 0 Å². The maximum atomic E-state index is 9.48. The predicted molar refractivity (Wildman–Crippen MR) is 64.4 cm³/mol. The van der Waals surface area contributed by atoms with Crippen LogP contribution in [-0.2, 0) is 4.74 Å². The zero-order valence-corrected chi connectivity index (χ0v) is 10.1. The van der Waals surface area contributed by atoms with Crippen molar-refractivity contribution in [3.8, 4) is 5.75 Å². The van der Waals surface area contributed by atoms with Crippen LogP contribution >= 0.6 is 11.6 Å². The van der Waals surface area contributed by atoms with E-state index in [1.807, 2.05) is 0 Å². The lowest BCUT2D eigenvalue weighted by atomic mass is 10.2. The topological polar surface area (TPSA) is 50.7 Å². The third-order valence-corrected chi connectivity index (χ3v) is 2.28. The van der Waals surface area contributed by atoms with Gasteiger partial charge in [0, 0.05) is 18.7 Å². The lowest BCUT2D eigenvalue weighted by Crippen LogP contribution is -2.24. The molecule has 0 spiro atoms. The minimum absolute atomic E-state index is 0.288. The molecule has 0 bridgehead atoms. The second kappa shape index (κ2) is 6.58. The van der Waals surface area contributed by atoms with Gasteiger partial charge in [0.2, 0.25) is 0 Å². The van der Waals surface area contributed by atoms with Crippen LogP contribution in [0.1, 0.15) is 0 Å². The fourth-order valence-corrected chi connectivity index (χ4v) is 1.47. The molecule has 90 valence electrons. The zero-order chi connectivity index (χ0) is 12.0. The summed E-state index contributed by atoms with van der Waals surface area (Å²) in [5.74, 6) is 0.689. The maximum Gasteiger partial charge on any atom is 0.142 e. The Morgan fingerprint density at radius 2 is 2.19 bits per heavy atom. The first-order valence-electron chi connectivity index (χ1n) is 4.91. The van der Waals surface area contributed by atoms with E-state index in [1.165, 1.54) is 0 Å². The molecule has 0 aliphatic carbocycles. The van der Waals surface area contributed by atoms with Crippen LogP contribution in [0.4, 0.5) is 5.69 Å². The molecule has 1 aromatic rings. The van der Waals surface area contributed by atoms with Gasteiger partial charge in [-0.3, -0.25) is 0 Å². The molecule has 0 amide bonds. The smallest absolute Gasteiger partial charge is 0.142 e. The van der Waals surface area contributed by atoms with E-state index in [-0.39, 0.29) is 6.61 Å². The van der Waals surface area contributed by atoms with Gasteiger partial charge in [0.1, 0.15) is 5.75 Å². The predicted octanol–water partition coefficient (Wildman–Crippen LogP) is 1.77. The highest BCUT2D eigenvalue weighted by Crippen LogP contribution is 2.27. The number of methoxy groups -OCH3 is 2. The molecule has 5 heteroatoms. The minimum Gasteiger partial charge on any atom is -0.495 e. The number of hydrogen-bond donors (Lipinski definition) is 2. The summed E-state index contributed by atoms with van der Waals surface area (Å²) in [4.78, 5) is 0. The fourth-order valence-electron chi connectivity index (χ4n) is 1.30. The summed E-state index contributed by atoms with van der Waals surface area (Å²) in [5, 5.41) is 13.1. The SMILES string of the molecule is COCC(O)CNc1cc(Cl)ccc1OC. The monoisotopic (exact) mass is 245 g/mol. The van der Waals surface area contributed by atoms with Crippen molar-refractivity contribution < 1.29 is 14.6 Å². The van der Waals surface area contributed by atoms with Gasteiger partial charge in [0.05, 0.1) is 25.5 Å². The molecular formula is C11H16ClNO3. The highest BCUT2D eigenvalue weighted by atomic mass is 35.5. The number of anilines is 1. The van der Waals surface area contributed by atoms with Gasteiger partial charge in [0.15, 0.2) is 0 Å². The number of nitrogens with one attached hydrogen (secondary N) is 1. The van der Waals surface area contributed by atoms with Crippen LogP contribution in [0.3, 0.4) is 0 Å². The number of benzene rings is 1. The van der Waals surface area contributed by atoms with Crippen molar-refractivity contribution >= 4 is 17.3 Å². The first-order chi connectivity index (χ1) is 7.67. The molecule has 0 saturated heterocycles. The third-order valence-electron chi connectivity index (χ3n) is 2.05. The first kappa shape index (κ1) is 13.1. The molecule has 1 rings (SSSR count). The molecule has 1 unspecified atom stereocenters. The summed E-state index contributed by atoms with van der Waals surface area (Å²) in [7, 11) is 3.13. The van der Waals surface area contributed by atoms with Crippen molar-refractivity contribution in [2.24, 2.45) is 0 Å². The molecule has 16 heavy (non-hydrogen) atoms. The van der Waals surface area contributed by atoms with E-state index in [0.29, 0.717) is 17.3 Å². The summed E-state index contributed by atoms with van der Waals surface area (Å²) in [6.07, 6.45) is -0.561. The molecule has 0 saturated carbocycles. The summed E-state index contributed by atoms with van der Waals surface area (Å²) >= 11 is 5.87. The largest absolute Gasteiger partial charge is 0.495 e. The third kappa shape index (κ3) is 3.89. The Hall–Kier alpha value is -0.970. The van der Waals surface area contributed by atoms with Gasteiger partial charge in [-0.1, -0.05) is 11.6 Å². The molecule has 0 aliphatic heterocycles. The Balaban J connectivity index is 2.61. The van der Waals surface area contributed by atoms with E-state index in [2.05, 4.69) is 5.32 Å². The van der Waals surface area contributed by atoms with E-state index < -0.39 is 6.10 Å².